The number of hydrogen-bond acceptors (Lipinski definition) is 2. The van der Waals surface area contributed by atoms with E-state index in [1.807, 2.05) is 0 Å². The summed E-state index contributed by atoms with van der Waals surface area (Å²) >= 11 is 0. The van der Waals surface area contributed by atoms with Gasteiger partial charge in [-0.15, -0.1) is 0 Å². The predicted octanol–water partition coefficient (Wildman–Crippen LogP) is 2.86. The summed E-state index contributed by atoms with van der Waals surface area (Å²) in [6, 6.07) is 3.73. The molecule has 1 N–H and O–H groups in total. The Labute approximate surface area is 85.9 Å². The lowest BCUT2D eigenvalue weighted by atomic mass is 10.1. The molecule has 0 aliphatic carbocycles. The van der Waals surface area contributed by atoms with Gasteiger partial charge in [-0.3, -0.25) is 0 Å². The molecule has 1 heterocycles. The monoisotopic (exact) mass is 208 g/mol. The van der Waals surface area contributed by atoms with Crippen molar-refractivity contribution in [2.24, 2.45) is 0 Å². The van der Waals surface area contributed by atoms with Crippen LogP contribution < -0.4 is 5.32 Å². The number of nitrogens with zero attached hydrogens (tertiary/aromatic N) is 1. The molecule has 0 aliphatic heterocycles. The van der Waals surface area contributed by atoms with Gasteiger partial charge in [0.15, 0.2) is 0 Å². The Morgan fingerprint density at radius 2 is 1.87 bits per heavy atom. The predicted molar refractivity (Wildman–Crippen MR) is 55.9 cm³/mol. The number of aromatic nitrogens is 1. The minimum Gasteiger partial charge on any atom is -0.373 e. The van der Waals surface area contributed by atoms with Crippen molar-refractivity contribution in [1.82, 2.24) is 4.98 Å². The van der Waals surface area contributed by atoms with E-state index in [0.29, 0.717) is 22.3 Å². The lowest BCUT2D eigenvalue weighted by Crippen LogP contribution is -1.96. The molecule has 2 nitrogen and oxygen atoms in total. The second-order valence-corrected chi connectivity index (χ2v) is 3.33. The summed E-state index contributed by atoms with van der Waals surface area (Å²) < 4.78 is 26.4. The maximum atomic E-state index is 13.4. The molecule has 0 atom stereocenters. The molecule has 0 radical (unpaired) electrons. The third kappa shape index (κ3) is 1.63. The molecule has 0 spiro atoms. The first-order valence-corrected chi connectivity index (χ1v) is 4.56. The van der Waals surface area contributed by atoms with Gasteiger partial charge in [-0.25, -0.2) is 13.8 Å². The number of pyridine rings is 1. The van der Waals surface area contributed by atoms with Gasteiger partial charge in [-0.05, 0) is 19.1 Å². The van der Waals surface area contributed by atoms with E-state index in [1.165, 1.54) is 6.07 Å². The molecular formula is C11H10F2N2. The highest BCUT2D eigenvalue weighted by Gasteiger charge is 2.08. The molecule has 1 aromatic heterocycles. The molecule has 15 heavy (non-hydrogen) atoms. The van der Waals surface area contributed by atoms with E-state index in [0.717, 1.165) is 6.07 Å². The molecule has 0 amide bonds. The topological polar surface area (TPSA) is 24.9 Å². The summed E-state index contributed by atoms with van der Waals surface area (Å²) in [6.07, 6.45) is 0. The standard InChI is InChI=1S/C11H10F2N2/c1-6-8-3-7(12)4-10(13)9(8)5-11(14-2)15-6/h3-5H,1-2H3,(H,14,15). The molecule has 0 aliphatic rings. The van der Waals surface area contributed by atoms with Crippen molar-refractivity contribution in [1.29, 1.82) is 0 Å². The number of benzene rings is 1. The lowest BCUT2D eigenvalue weighted by Gasteiger charge is -2.06. The van der Waals surface area contributed by atoms with Crippen molar-refractivity contribution in [3.63, 3.8) is 0 Å². The van der Waals surface area contributed by atoms with Gasteiger partial charge in [0, 0.05) is 29.6 Å². The normalized spacial score (nSPS) is 10.7. The molecule has 0 bridgehead atoms. The zero-order valence-electron chi connectivity index (χ0n) is 8.44. The molecule has 4 heteroatoms. The van der Waals surface area contributed by atoms with Crippen molar-refractivity contribution in [2.45, 2.75) is 6.92 Å². The van der Waals surface area contributed by atoms with Gasteiger partial charge < -0.3 is 5.32 Å². The zero-order valence-corrected chi connectivity index (χ0v) is 8.44. The Bertz CT molecular complexity index is 523. The van der Waals surface area contributed by atoms with Crippen LogP contribution in [0, 0.1) is 18.6 Å². The smallest absolute Gasteiger partial charge is 0.134 e. The van der Waals surface area contributed by atoms with Crippen molar-refractivity contribution in [3.05, 3.63) is 35.5 Å². The van der Waals surface area contributed by atoms with Crippen LogP contribution in [0.1, 0.15) is 5.69 Å². The molecule has 2 rings (SSSR count). The highest BCUT2D eigenvalue weighted by Crippen LogP contribution is 2.24. The Hall–Kier alpha value is -1.71. The number of hydrogen-bond donors (Lipinski definition) is 1. The molecule has 0 unspecified atom stereocenters. The van der Waals surface area contributed by atoms with Crippen molar-refractivity contribution in [3.8, 4) is 0 Å². The number of fused-ring (bicyclic) bond motifs is 1. The third-order valence-electron chi connectivity index (χ3n) is 2.31. The molecule has 1 aromatic carbocycles. The average Bonchev–Trinajstić information content (AvgIpc) is 2.19. The van der Waals surface area contributed by atoms with Crippen molar-refractivity contribution < 1.29 is 8.78 Å². The van der Waals surface area contributed by atoms with Gasteiger partial charge in [0.05, 0.1) is 0 Å². The maximum Gasteiger partial charge on any atom is 0.134 e. The van der Waals surface area contributed by atoms with Crippen LogP contribution >= 0.6 is 0 Å². The van der Waals surface area contributed by atoms with Crippen molar-refractivity contribution in [2.75, 3.05) is 12.4 Å². The fourth-order valence-electron chi connectivity index (χ4n) is 1.57. The largest absolute Gasteiger partial charge is 0.373 e. The van der Waals surface area contributed by atoms with Crippen LogP contribution in [-0.2, 0) is 0 Å². The average molecular weight is 208 g/mol. The minimum absolute atomic E-state index is 0.383. The molecular weight excluding hydrogens is 198 g/mol. The zero-order chi connectivity index (χ0) is 11.0. The van der Waals surface area contributed by atoms with Gasteiger partial charge in [-0.1, -0.05) is 0 Å². The summed E-state index contributed by atoms with van der Waals surface area (Å²) in [6.45, 7) is 1.72. The van der Waals surface area contributed by atoms with E-state index in [1.54, 1.807) is 20.0 Å². The molecule has 0 fully saturated rings. The van der Waals surface area contributed by atoms with Gasteiger partial charge in [-0.2, -0.15) is 0 Å². The van der Waals surface area contributed by atoms with E-state index in [2.05, 4.69) is 10.3 Å². The van der Waals surface area contributed by atoms with Gasteiger partial charge in [0.2, 0.25) is 0 Å². The van der Waals surface area contributed by atoms with Crippen LogP contribution in [-0.4, -0.2) is 12.0 Å². The number of halogens is 2. The van der Waals surface area contributed by atoms with E-state index in [-0.39, 0.29) is 0 Å². The van der Waals surface area contributed by atoms with Crippen LogP contribution in [0.5, 0.6) is 0 Å². The summed E-state index contributed by atoms with van der Waals surface area (Å²) in [4.78, 5) is 4.16. The number of aryl methyl sites for hydroxylation is 1. The number of nitrogens with one attached hydrogen (secondary N) is 1. The Kier molecular flexibility index (Phi) is 2.26. The number of anilines is 1. The molecule has 78 valence electrons. The summed E-state index contributed by atoms with van der Waals surface area (Å²) in [5, 5.41) is 3.72. The Balaban J connectivity index is 2.85. The second kappa shape index (κ2) is 3.46. The van der Waals surface area contributed by atoms with E-state index < -0.39 is 11.6 Å². The van der Waals surface area contributed by atoms with Crippen LogP contribution in [0.2, 0.25) is 0 Å². The minimum atomic E-state index is -0.581. The van der Waals surface area contributed by atoms with Gasteiger partial charge >= 0.3 is 0 Å². The van der Waals surface area contributed by atoms with E-state index in [4.69, 9.17) is 0 Å². The fourth-order valence-corrected chi connectivity index (χ4v) is 1.57. The van der Waals surface area contributed by atoms with Crippen LogP contribution in [0.25, 0.3) is 10.8 Å². The quantitative estimate of drug-likeness (QED) is 0.779. The van der Waals surface area contributed by atoms with Gasteiger partial charge in [0.25, 0.3) is 0 Å². The summed E-state index contributed by atoms with van der Waals surface area (Å²) in [5.41, 5.74) is 0.607. The lowest BCUT2D eigenvalue weighted by molar-refractivity contribution is 0.592. The van der Waals surface area contributed by atoms with Crippen LogP contribution in [0.4, 0.5) is 14.6 Å². The first-order chi connectivity index (χ1) is 7.11. The number of rotatable bonds is 1. The Morgan fingerprint density at radius 1 is 1.13 bits per heavy atom. The molecule has 0 saturated heterocycles. The first-order valence-electron chi connectivity index (χ1n) is 4.56. The van der Waals surface area contributed by atoms with Gasteiger partial charge in [0.1, 0.15) is 17.5 Å². The van der Waals surface area contributed by atoms with E-state index in [9.17, 15) is 8.78 Å². The highest BCUT2D eigenvalue weighted by atomic mass is 19.1. The third-order valence-corrected chi connectivity index (χ3v) is 2.31. The first kappa shape index (κ1) is 9.83. The summed E-state index contributed by atoms with van der Waals surface area (Å²) in [7, 11) is 1.70. The fraction of sp³-hybridized carbons (Fsp3) is 0.182. The Morgan fingerprint density at radius 3 is 2.53 bits per heavy atom. The SMILES string of the molecule is CNc1cc2c(F)cc(F)cc2c(C)n1. The van der Waals surface area contributed by atoms with Crippen LogP contribution in [0.15, 0.2) is 18.2 Å². The van der Waals surface area contributed by atoms with Crippen molar-refractivity contribution >= 4 is 16.6 Å². The maximum absolute atomic E-state index is 13.4. The second-order valence-electron chi connectivity index (χ2n) is 3.33. The van der Waals surface area contributed by atoms with Crippen LogP contribution in [0.3, 0.4) is 0 Å². The molecule has 2 aromatic rings. The van der Waals surface area contributed by atoms with E-state index >= 15 is 0 Å². The highest BCUT2D eigenvalue weighted by molar-refractivity contribution is 5.87. The molecule has 0 saturated carbocycles. The summed E-state index contributed by atoms with van der Waals surface area (Å²) in [5.74, 6) is -0.570.